The number of fused-ring (bicyclic) bond motifs is 5. The van der Waals surface area contributed by atoms with Crippen LogP contribution in [-0.2, 0) is 0 Å². The molecule has 41 heavy (non-hydrogen) atoms. The minimum atomic E-state index is 0.467. The fourth-order valence-electron chi connectivity index (χ4n) is 6.75. The van der Waals surface area contributed by atoms with Crippen LogP contribution in [0.15, 0.2) is 146 Å². The van der Waals surface area contributed by atoms with Crippen LogP contribution in [-0.4, -0.2) is 0 Å². The summed E-state index contributed by atoms with van der Waals surface area (Å²) in [7, 11) is 0. The maximum absolute atomic E-state index is 8.66. The summed E-state index contributed by atoms with van der Waals surface area (Å²) in [6.07, 6.45) is 0. The second kappa shape index (κ2) is 8.55. The summed E-state index contributed by atoms with van der Waals surface area (Å²) < 4.78 is 23.7. The van der Waals surface area contributed by atoms with E-state index in [1.54, 1.807) is 0 Å². The molecule has 8 aromatic carbocycles. The van der Waals surface area contributed by atoms with Gasteiger partial charge in [-0.15, -0.1) is 0 Å². The smallest absolute Gasteiger partial charge is 0.135 e. The van der Waals surface area contributed by atoms with Crippen LogP contribution in [0.4, 0.5) is 0 Å². The zero-order valence-electron chi connectivity index (χ0n) is 24.1. The van der Waals surface area contributed by atoms with E-state index in [9.17, 15) is 0 Å². The van der Waals surface area contributed by atoms with E-state index in [1.807, 2.05) is 36.4 Å². The maximum atomic E-state index is 8.66. The molecular formula is C40H24O. The molecule has 8 aromatic rings. The van der Waals surface area contributed by atoms with Crippen LogP contribution in [0.1, 0.15) is 2.74 Å². The fourth-order valence-corrected chi connectivity index (χ4v) is 6.75. The van der Waals surface area contributed by atoms with E-state index in [1.165, 1.54) is 10.8 Å². The van der Waals surface area contributed by atoms with Crippen molar-refractivity contribution in [2.45, 2.75) is 0 Å². The normalized spacial score (nSPS) is 12.8. The lowest BCUT2D eigenvalue weighted by atomic mass is 9.83. The first-order valence-electron chi connectivity index (χ1n) is 14.9. The van der Waals surface area contributed by atoms with E-state index >= 15 is 0 Å². The van der Waals surface area contributed by atoms with Gasteiger partial charge in [0.05, 0.1) is 2.74 Å². The van der Waals surface area contributed by atoms with Gasteiger partial charge in [-0.1, -0.05) is 121 Å². The number of hydrogen-bond donors (Lipinski definition) is 0. The molecule has 1 aliphatic heterocycles. The van der Waals surface area contributed by atoms with Crippen LogP contribution < -0.4 is 4.74 Å². The maximum Gasteiger partial charge on any atom is 0.135 e. The van der Waals surface area contributed by atoms with Gasteiger partial charge in [-0.3, -0.25) is 0 Å². The zero-order chi connectivity index (χ0) is 28.7. The van der Waals surface area contributed by atoms with Crippen molar-refractivity contribution in [3.63, 3.8) is 0 Å². The topological polar surface area (TPSA) is 9.23 Å². The van der Waals surface area contributed by atoms with Crippen molar-refractivity contribution in [2.75, 3.05) is 0 Å². The summed E-state index contributed by atoms with van der Waals surface area (Å²) in [6, 6.07) is 46.7. The third kappa shape index (κ3) is 3.24. The van der Waals surface area contributed by atoms with Gasteiger partial charge in [-0.05, 0) is 89.8 Å². The molecule has 1 nitrogen and oxygen atoms in total. The highest BCUT2D eigenvalue weighted by Crippen LogP contribution is 2.51. The van der Waals surface area contributed by atoms with E-state index < -0.39 is 0 Å². The third-order valence-corrected chi connectivity index (χ3v) is 8.51. The van der Waals surface area contributed by atoms with Crippen LogP contribution in [0, 0.1) is 0 Å². The standard InChI is InChI=1S/C40H24O/c1-2-11-26-24-27(21-20-25(26)10-1)38-30-13-3-5-15-32(30)39(33-16-6-4-14-31(33)38)35-22-23-37-40-29(17-9-18-34(35)40)28-12-7-8-19-36(28)41-37/h1-24H/i3D,6D. The van der Waals surface area contributed by atoms with E-state index in [0.717, 1.165) is 77.2 Å². The van der Waals surface area contributed by atoms with Crippen LogP contribution in [0.3, 0.4) is 0 Å². The van der Waals surface area contributed by atoms with Gasteiger partial charge in [-0.2, -0.15) is 0 Å². The molecule has 0 spiro atoms. The molecular weight excluding hydrogens is 496 g/mol. The summed E-state index contributed by atoms with van der Waals surface area (Å²) in [5, 5.41) is 8.76. The molecule has 1 heterocycles. The average molecular weight is 523 g/mol. The summed E-state index contributed by atoms with van der Waals surface area (Å²) >= 11 is 0. The lowest BCUT2D eigenvalue weighted by Gasteiger charge is -2.24. The average Bonchev–Trinajstić information content (AvgIpc) is 3.04. The summed E-state index contributed by atoms with van der Waals surface area (Å²) in [5.41, 5.74) is 6.61. The van der Waals surface area contributed by atoms with E-state index in [-0.39, 0.29) is 0 Å². The highest BCUT2D eigenvalue weighted by molar-refractivity contribution is 6.24. The molecule has 0 amide bonds. The van der Waals surface area contributed by atoms with Crippen molar-refractivity contribution >= 4 is 43.1 Å². The first kappa shape index (κ1) is 20.5. The molecule has 0 unspecified atom stereocenters. The highest BCUT2D eigenvalue weighted by atomic mass is 16.5. The zero-order valence-corrected chi connectivity index (χ0v) is 22.1. The van der Waals surface area contributed by atoms with Gasteiger partial charge in [0, 0.05) is 10.9 Å². The lowest BCUT2D eigenvalue weighted by molar-refractivity contribution is 0.487. The molecule has 1 heteroatoms. The summed E-state index contributed by atoms with van der Waals surface area (Å²) in [4.78, 5) is 0. The summed E-state index contributed by atoms with van der Waals surface area (Å²) in [5.74, 6) is 1.72. The third-order valence-electron chi connectivity index (χ3n) is 8.51. The summed E-state index contributed by atoms with van der Waals surface area (Å²) in [6.45, 7) is 0. The largest absolute Gasteiger partial charge is 0.456 e. The molecule has 0 saturated carbocycles. The Morgan fingerprint density at radius 3 is 1.98 bits per heavy atom. The van der Waals surface area contributed by atoms with Gasteiger partial charge in [0.25, 0.3) is 0 Å². The van der Waals surface area contributed by atoms with E-state index in [0.29, 0.717) is 12.1 Å². The molecule has 0 radical (unpaired) electrons. The molecule has 1 aliphatic rings. The number of ether oxygens (including phenoxy) is 1. The van der Waals surface area contributed by atoms with Gasteiger partial charge in [0.1, 0.15) is 11.5 Å². The van der Waals surface area contributed by atoms with Crippen molar-refractivity contribution in [2.24, 2.45) is 0 Å². The van der Waals surface area contributed by atoms with E-state index in [4.69, 9.17) is 7.48 Å². The van der Waals surface area contributed by atoms with Gasteiger partial charge < -0.3 is 4.74 Å². The van der Waals surface area contributed by atoms with Crippen LogP contribution >= 0.6 is 0 Å². The van der Waals surface area contributed by atoms with Gasteiger partial charge >= 0.3 is 0 Å². The molecule has 0 bridgehead atoms. The van der Waals surface area contributed by atoms with Gasteiger partial charge in [0.15, 0.2) is 0 Å². The van der Waals surface area contributed by atoms with E-state index in [2.05, 4.69) is 97.1 Å². The highest BCUT2D eigenvalue weighted by Gasteiger charge is 2.23. The lowest BCUT2D eigenvalue weighted by Crippen LogP contribution is -1.98. The quantitative estimate of drug-likeness (QED) is 0.205. The molecule has 0 aliphatic carbocycles. The molecule has 0 saturated heterocycles. The molecule has 0 N–H and O–H groups in total. The first-order valence-corrected chi connectivity index (χ1v) is 13.9. The Labute approximate surface area is 240 Å². The predicted molar refractivity (Wildman–Crippen MR) is 173 cm³/mol. The Morgan fingerprint density at radius 1 is 0.415 bits per heavy atom. The van der Waals surface area contributed by atoms with Crippen molar-refractivity contribution in [3.05, 3.63) is 146 Å². The number of rotatable bonds is 2. The van der Waals surface area contributed by atoms with Crippen LogP contribution in [0.25, 0.3) is 76.5 Å². The molecule has 9 rings (SSSR count). The van der Waals surface area contributed by atoms with Crippen LogP contribution in [0.5, 0.6) is 11.5 Å². The predicted octanol–water partition coefficient (Wildman–Crippen LogP) is 11.4. The monoisotopic (exact) mass is 522 g/mol. The molecule has 0 aromatic heterocycles. The van der Waals surface area contributed by atoms with Crippen molar-refractivity contribution in [3.8, 4) is 44.9 Å². The Hall–Kier alpha value is -5.40. The van der Waals surface area contributed by atoms with Crippen LogP contribution in [0.2, 0.25) is 0 Å². The Balaban J connectivity index is 1.43. The van der Waals surface area contributed by atoms with Crippen molar-refractivity contribution in [1.29, 1.82) is 0 Å². The Kier molecular flexibility index (Phi) is 4.27. The van der Waals surface area contributed by atoms with Crippen molar-refractivity contribution in [1.82, 2.24) is 0 Å². The number of benzene rings is 8. The fraction of sp³-hybridized carbons (Fsp3) is 0. The van der Waals surface area contributed by atoms with Gasteiger partial charge in [-0.25, -0.2) is 0 Å². The molecule has 190 valence electrons. The second-order valence-electron chi connectivity index (χ2n) is 10.7. The van der Waals surface area contributed by atoms with Gasteiger partial charge in [0.2, 0.25) is 0 Å². The number of para-hydroxylation sites is 1. The Bertz CT molecular complexity index is 2460. The molecule has 0 atom stereocenters. The molecule has 0 fully saturated rings. The Morgan fingerprint density at radius 2 is 1.10 bits per heavy atom. The number of hydrogen-bond acceptors (Lipinski definition) is 1. The minimum absolute atomic E-state index is 0.467. The van der Waals surface area contributed by atoms with Crippen molar-refractivity contribution < 1.29 is 7.48 Å². The minimum Gasteiger partial charge on any atom is -0.456 e. The SMILES string of the molecule is [2H]c1ccc2c(-c3ccc4c5c(cccc35)-c3ccccc3O4)c3cc([2H])ccc3c(-c3ccc4ccccc4c3)c2c1. The first-order chi connectivity index (χ1) is 21.1. The second-order valence-corrected chi connectivity index (χ2v) is 10.7.